The van der Waals surface area contributed by atoms with Gasteiger partial charge in [0.2, 0.25) is 0 Å². The summed E-state index contributed by atoms with van der Waals surface area (Å²) in [5.41, 5.74) is 11.1. The summed E-state index contributed by atoms with van der Waals surface area (Å²) in [5, 5.41) is 8.73. The third-order valence-corrected chi connectivity index (χ3v) is 2.69. The fraction of sp³-hybridized carbons (Fsp3) is 0.667. The van der Waals surface area contributed by atoms with Crippen LogP contribution in [0.15, 0.2) is 17.6 Å². The lowest BCUT2D eigenvalue weighted by molar-refractivity contribution is -0.139. The standard InChI is InChI=1S/C12H23N3O2/c1-3-5-11(14)15-7-6-9(4-2)8-10(13)12(16)17/h3,9-10H,1,4-8,13H2,2H3,(H2,14,15)(H,16,17)/t9?,10-/m0/s1. The molecule has 0 rings (SSSR count). The molecule has 0 aliphatic carbocycles. The molecule has 0 radical (unpaired) electrons. The van der Waals surface area contributed by atoms with Gasteiger partial charge in [-0.15, -0.1) is 6.58 Å². The smallest absolute Gasteiger partial charge is 0.320 e. The van der Waals surface area contributed by atoms with Crippen molar-refractivity contribution in [2.24, 2.45) is 22.4 Å². The highest BCUT2D eigenvalue weighted by Crippen LogP contribution is 2.15. The minimum absolute atomic E-state index is 0.279. The van der Waals surface area contributed by atoms with Gasteiger partial charge in [-0.3, -0.25) is 9.79 Å². The van der Waals surface area contributed by atoms with Gasteiger partial charge in [0.05, 0.1) is 5.84 Å². The Bertz CT molecular complexity index is 277. The Morgan fingerprint density at radius 3 is 2.71 bits per heavy atom. The van der Waals surface area contributed by atoms with Gasteiger partial charge in [0.1, 0.15) is 6.04 Å². The molecule has 5 heteroatoms. The summed E-state index contributed by atoms with van der Waals surface area (Å²) < 4.78 is 0. The van der Waals surface area contributed by atoms with E-state index in [0.717, 1.165) is 12.8 Å². The Hall–Kier alpha value is -1.36. The van der Waals surface area contributed by atoms with E-state index in [0.29, 0.717) is 25.2 Å². The second-order valence-electron chi connectivity index (χ2n) is 4.11. The number of aliphatic imine (C=N–C) groups is 1. The van der Waals surface area contributed by atoms with Gasteiger partial charge in [0.25, 0.3) is 0 Å². The topological polar surface area (TPSA) is 102 Å². The van der Waals surface area contributed by atoms with E-state index in [1.165, 1.54) is 0 Å². The van der Waals surface area contributed by atoms with Crippen LogP contribution in [0.4, 0.5) is 0 Å². The molecular weight excluding hydrogens is 218 g/mol. The highest BCUT2D eigenvalue weighted by Gasteiger charge is 2.17. The zero-order chi connectivity index (χ0) is 13.3. The molecule has 0 fully saturated rings. The van der Waals surface area contributed by atoms with E-state index in [9.17, 15) is 4.79 Å². The second kappa shape index (κ2) is 8.75. The molecule has 98 valence electrons. The van der Waals surface area contributed by atoms with Crippen molar-refractivity contribution in [3.8, 4) is 0 Å². The van der Waals surface area contributed by atoms with Crippen molar-refractivity contribution in [1.29, 1.82) is 0 Å². The summed E-state index contributed by atoms with van der Waals surface area (Å²) in [4.78, 5) is 14.8. The number of rotatable bonds is 9. The van der Waals surface area contributed by atoms with Gasteiger partial charge in [-0.2, -0.15) is 0 Å². The van der Waals surface area contributed by atoms with Crippen molar-refractivity contribution in [1.82, 2.24) is 0 Å². The predicted octanol–water partition coefficient (Wildman–Crippen LogP) is 1.14. The Kier molecular flexibility index (Phi) is 8.05. The second-order valence-corrected chi connectivity index (χ2v) is 4.11. The van der Waals surface area contributed by atoms with E-state index in [1.807, 2.05) is 6.92 Å². The van der Waals surface area contributed by atoms with Crippen LogP contribution < -0.4 is 11.5 Å². The van der Waals surface area contributed by atoms with Gasteiger partial charge in [0, 0.05) is 13.0 Å². The molecule has 2 atom stereocenters. The summed E-state index contributed by atoms with van der Waals surface area (Å²) in [6.45, 7) is 6.22. The molecule has 0 saturated carbocycles. The molecular formula is C12H23N3O2. The van der Waals surface area contributed by atoms with Crippen molar-refractivity contribution >= 4 is 11.8 Å². The van der Waals surface area contributed by atoms with Crippen molar-refractivity contribution in [2.75, 3.05) is 6.54 Å². The highest BCUT2D eigenvalue weighted by molar-refractivity contribution is 5.81. The van der Waals surface area contributed by atoms with Crippen LogP contribution in [0.25, 0.3) is 0 Å². The van der Waals surface area contributed by atoms with Gasteiger partial charge < -0.3 is 16.6 Å². The van der Waals surface area contributed by atoms with Crippen LogP contribution in [0.1, 0.15) is 32.6 Å². The maximum absolute atomic E-state index is 10.6. The van der Waals surface area contributed by atoms with Crippen LogP contribution in [0.5, 0.6) is 0 Å². The minimum Gasteiger partial charge on any atom is -0.480 e. The Morgan fingerprint density at radius 1 is 1.59 bits per heavy atom. The Morgan fingerprint density at radius 2 is 2.24 bits per heavy atom. The molecule has 5 nitrogen and oxygen atoms in total. The van der Waals surface area contributed by atoms with E-state index in [-0.39, 0.29) is 5.92 Å². The molecule has 1 unspecified atom stereocenters. The molecule has 0 aliphatic rings. The molecule has 0 aromatic carbocycles. The summed E-state index contributed by atoms with van der Waals surface area (Å²) >= 11 is 0. The average molecular weight is 241 g/mol. The highest BCUT2D eigenvalue weighted by atomic mass is 16.4. The van der Waals surface area contributed by atoms with Crippen LogP contribution in [-0.2, 0) is 4.79 Å². The number of hydrogen-bond donors (Lipinski definition) is 3. The molecule has 0 heterocycles. The summed E-state index contributed by atoms with van der Waals surface area (Å²) in [7, 11) is 0. The number of carbonyl (C=O) groups is 1. The molecule has 5 N–H and O–H groups in total. The molecule has 0 aromatic heterocycles. The molecule has 0 aliphatic heterocycles. The van der Waals surface area contributed by atoms with Gasteiger partial charge in [-0.05, 0) is 18.8 Å². The lowest BCUT2D eigenvalue weighted by Crippen LogP contribution is -2.32. The van der Waals surface area contributed by atoms with Crippen molar-refractivity contribution in [3.63, 3.8) is 0 Å². The first-order chi connectivity index (χ1) is 8.01. The third kappa shape index (κ3) is 7.52. The number of hydrogen-bond acceptors (Lipinski definition) is 3. The zero-order valence-electron chi connectivity index (χ0n) is 10.4. The fourth-order valence-corrected chi connectivity index (χ4v) is 1.55. The molecule has 17 heavy (non-hydrogen) atoms. The van der Waals surface area contributed by atoms with Crippen LogP contribution in [0, 0.1) is 5.92 Å². The Balaban J connectivity index is 4.02. The van der Waals surface area contributed by atoms with Crippen molar-refractivity contribution in [2.45, 2.75) is 38.6 Å². The van der Waals surface area contributed by atoms with E-state index in [1.54, 1.807) is 6.08 Å². The quantitative estimate of drug-likeness (QED) is 0.320. The number of aliphatic carboxylic acids is 1. The van der Waals surface area contributed by atoms with Gasteiger partial charge in [-0.1, -0.05) is 19.4 Å². The van der Waals surface area contributed by atoms with Crippen LogP contribution >= 0.6 is 0 Å². The van der Waals surface area contributed by atoms with Gasteiger partial charge in [0.15, 0.2) is 0 Å². The third-order valence-electron chi connectivity index (χ3n) is 2.69. The number of amidine groups is 1. The lowest BCUT2D eigenvalue weighted by atomic mass is 9.94. The first-order valence-corrected chi connectivity index (χ1v) is 5.89. The van der Waals surface area contributed by atoms with Crippen LogP contribution in [0.3, 0.4) is 0 Å². The van der Waals surface area contributed by atoms with E-state index < -0.39 is 12.0 Å². The van der Waals surface area contributed by atoms with Gasteiger partial charge >= 0.3 is 5.97 Å². The minimum atomic E-state index is -0.946. The fourth-order valence-electron chi connectivity index (χ4n) is 1.55. The maximum Gasteiger partial charge on any atom is 0.320 e. The average Bonchev–Trinajstić information content (AvgIpc) is 2.27. The first kappa shape index (κ1) is 15.6. The molecule has 0 amide bonds. The van der Waals surface area contributed by atoms with Gasteiger partial charge in [-0.25, -0.2) is 0 Å². The van der Waals surface area contributed by atoms with Crippen LogP contribution in [-0.4, -0.2) is 29.5 Å². The van der Waals surface area contributed by atoms with E-state index in [2.05, 4.69) is 11.6 Å². The number of carboxylic acid groups (broad SMARTS) is 1. The first-order valence-electron chi connectivity index (χ1n) is 5.89. The monoisotopic (exact) mass is 241 g/mol. The summed E-state index contributed by atoms with van der Waals surface area (Å²) in [6, 6.07) is -0.783. The molecule has 0 spiro atoms. The van der Waals surface area contributed by atoms with Crippen molar-refractivity contribution in [3.05, 3.63) is 12.7 Å². The summed E-state index contributed by atoms with van der Waals surface area (Å²) in [6.07, 6.45) is 4.50. The molecule has 0 aromatic rings. The normalized spacial score (nSPS) is 15.3. The number of carboxylic acids is 1. The van der Waals surface area contributed by atoms with E-state index in [4.69, 9.17) is 16.6 Å². The van der Waals surface area contributed by atoms with E-state index >= 15 is 0 Å². The summed E-state index contributed by atoms with van der Waals surface area (Å²) in [5.74, 6) is -0.100. The SMILES string of the molecule is C=CCC(N)=NCCC(CC)C[C@H](N)C(=O)O. The molecule has 0 bridgehead atoms. The number of nitrogens with zero attached hydrogens (tertiary/aromatic N) is 1. The van der Waals surface area contributed by atoms with Crippen LogP contribution in [0.2, 0.25) is 0 Å². The largest absolute Gasteiger partial charge is 0.480 e. The maximum atomic E-state index is 10.6. The van der Waals surface area contributed by atoms with Crippen molar-refractivity contribution < 1.29 is 9.90 Å². The lowest BCUT2D eigenvalue weighted by Gasteiger charge is -2.16. The number of nitrogens with two attached hydrogens (primary N) is 2. The zero-order valence-corrected chi connectivity index (χ0v) is 10.4. The molecule has 0 saturated heterocycles. The predicted molar refractivity (Wildman–Crippen MR) is 69.9 cm³/mol. The Labute approximate surface area is 103 Å².